The van der Waals surface area contributed by atoms with Gasteiger partial charge in [0, 0.05) is 12.2 Å². The Morgan fingerprint density at radius 2 is 1.18 bits per heavy atom. The van der Waals surface area contributed by atoms with Crippen molar-refractivity contribution >= 4 is 11.9 Å². The van der Waals surface area contributed by atoms with E-state index in [1.807, 2.05) is 0 Å². The fourth-order valence-electron chi connectivity index (χ4n) is 2.33. The number of rotatable bonds is 8. The number of carbonyl (C=O) groups excluding carboxylic acids is 2. The Hall–Kier alpha value is -1.66. The Labute approximate surface area is 131 Å². The molecule has 0 aromatic rings. The van der Waals surface area contributed by atoms with Gasteiger partial charge in [-0.3, -0.25) is 0 Å². The molecule has 0 aromatic heterocycles. The zero-order valence-electron chi connectivity index (χ0n) is 13.2. The summed E-state index contributed by atoms with van der Waals surface area (Å²) in [5, 5.41) is 0. The number of carbonyl (C=O) groups is 2. The lowest BCUT2D eigenvalue weighted by molar-refractivity contribution is -0.197. The molecule has 6 nitrogen and oxygen atoms in total. The zero-order valence-corrected chi connectivity index (χ0v) is 13.2. The van der Waals surface area contributed by atoms with Crippen LogP contribution in [0.4, 0.5) is 0 Å². The van der Waals surface area contributed by atoms with Gasteiger partial charge in [0.25, 0.3) is 0 Å². The van der Waals surface area contributed by atoms with Gasteiger partial charge in [-0.15, -0.1) is 0 Å². The van der Waals surface area contributed by atoms with Gasteiger partial charge in [-0.05, 0) is 39.5 Å². The van der Waals surface area contributed by atoms with Crippen molar-refractivity contribution in [1.82, 2.24) is 0 Å². The summed E-state index contributed by atoms with van der Waals surface area (Å²) >= 11 is 0. The summed E-state index contributed by atoms with van der Waals surface area (Å²) in [4.78, 5) is 22.1. The molecule has 0 N–H and O–H groups in total. The lowest BCUT2D eigenvalue weighted by atomic mass is 9.95. The predicted octanol–water partition coefficient (Wildman–Crippen LogP) is 2.48. The first-order chi connectivity index (χ1) is 10.4. The third-order valence-electron chi connectivity index (χ3n) is 3.29. The second kappa shape index (κ2) is 9.38. The smallest absolute Gasteiger partial charge is 0.332 e. The molecule has 1 rings (SSSR count). The van der Waals surface area contributed by atoms with Crippen molar-refractivity contribution in [3.05, 3.63) is 25.3 Å². The lowest BCUT2D eigenvalue weighted by Gasteiger charge is -2.31. The monoisotopic (exact) mass is 312 g/mol. The van der Waals surface area contributed by atoms with Gasteiger partial charge >= 0.3 is 11.9 Å². The van der Waals surface area contributed by atoms with E-state index >= 15 is 0 Å². The summed E-state index contributed by atoms with van der Waals surface area (Å²) < 4.78 is 21.3. The number of esters is 2. The third-order valence-corrected chi connectivity index (χ3v) is 3.29. The molecule has 1 fully saturated rings. The Balaban J connectivity index is 2.25. The second-order valence-corrected chi connectivity index (χ2v) is 5.09. The van der Waals surface area contributed by atoms with Crippen LogP contribution in [-0.2, 0) is 28.5 Å². The summed E-state index contributed by atoms with van der Waals surface area (Å²) in [6.45, 7) is 10.0. The van der Waals surface area contributed by atoms with Crippen LogP contribution in [0.5, 0.6) is 0 Å². The van der Waals surface area contributed by atoms with E-state index in [2.05, 4.69) is 13.2 Å². The number of hydrogen-bond donors (Lipinski definition) is 0. The van der Waals surface area contributed by atoms with Crippen LogP contribution in [0.1, 0.15) is 39.5 Å². The van der Waals surface area contributed by atoms with E-state index in [0.717, 1.165) is 37.8 Å². The van der Waals surface area contributed by atoms with Gasteiger partial charge in [-0.25, -0.2) is 9.59 Å². The molecule has 0 bridgehead atoms. The summed E-state index contributed by atoms with van der Waals surface area (Å²) in [5.74, 6) is -0.996. The molecule has 0 amide bonds. The lowest BCUT2D eigenvalue weighted by Crippen LogP contribution is -2.32. The second-order valence-electron chi connectivity index (χ2n) is 5.09. The molecule has 124 valence electrons. The minimum absolute atomic E-state index is 0.0264. The Kier molecular flexibility index (Phi) is 7.84. The minimum Gasteiger partial charge on any atom is -0.433 e. The molecular weight excluding hydrogens is 288 g/mol. The summed E-state index contributed by atoms with van der Waals surface area (Å²) in [5.41, 5.74) is 0. The maximum atomic E-state index is 11.1. The van der Waals surface area contributed by atoms with Crippen molar-refractivity contribution in [3.63, 3.8) is 0 Å². The molecule has 22 heavy (non-hydrogen) atoms. The highest BCUT2D eigenvalue weighted by Crippen LogP contribution is 2.25. The summed E-state index contributed by atoms with van der Waals surface area (Å²) in [6.07, 6.45) is 4.25. The van der Waals surface area contributed by atoms with Crippen LogP contribution in [0.3, 0.4) is 0 Å². The van der Waals surface area contributed by atoms with Crippen LogP contribution < -0.4 is 0 Å². The van der Waals surface area contributed by atoms with Crippen LogP contribution >= 0.6 is 0 Å². The molecule has 0 heterocycles. The molecule has 6 heteroatoms. The minimum atomic E-state index is -0.597. The average Bonchev–Trinajstić information content (AvgIpc) is 2.48. The van der Waals surface area contributed by atoms with Gasteiger partial charge < -0.3 is 18.9 Å². The molecule has 1 saturated carbocycles. The van der Waals surface area contributed by atoms with Crippen LogP contribution in [0.15, 0.2) is 25.3 Å². The maximum Gasteiger partial charge on any atom is 0.332 e. The van der Waals surface area contributed by atoms with Crippen LogP contribution in [0, 0.1) is 0 Å². The van der Waals surface area contributed by atoms with Crippen molar-refractivity contribution in [3.8, 4) is 0 Å². The molecular formula is C16H24O6. The van der Waals surface area contributed by atoms with E-state index in [9.17, 15) is 9.59 Å². The van der Waals surface area contributed by atoms with Gasteiger partial charge in [0.2, 0.25) is 12.6 Å². The first-order valence-electron chi connectivity index (χ1n) is 7.41. The highest BCUT2D eigenvalue weighted by atomic mass is 16.7. The molecule has 1 aliphatic carbocycles. The van der Waals surface area contributed by atoms with E-state index < -0.39 is 24.5 Å². The normalized spacial score (nSPS) is 23.9. The first-order valence-corrected chi connectivity index (χ1v) is 7.41. The number of ether oxygens (including phenoxy) is 4. The van der Waals surface area contributed by atoms with Gasteiger partial charge in [-0.1, -0.05) is 13.2 Å². The fraction of sp³-hybridized carbons (Fsp3) is 0.625. The highest BCUT2D eigenvalue weighted by molar-refractivity contribution is 5.81. The van der Waals surface area contributed by atoms with E-state index in [4.69, 9.17) is 18.9 Å². The molecule has 0 saturated heterocycles. The summed E-state index contributed by atoms with van der Waals surface area (Å²) in [6, 6.07) is 0. The predicted molar refractivity (Wildman–Crippen MR) is 79.7 cm³/mol. The average molecular weight is 312 g/mol. The van der Waals surface area contributed by atoms with E-state index in [0.29, 0.717) is 0 Å². The van der Waals surface area contributed by atoms with Gasteiger partial charge in [0.05, 0.1) is 12.2 Å². The van der Waals surface area contributed by atoms with Gasteiger partial charge in [0.1, 0.15) is 0 Å². The highest BCUT2D eigenvalue weighted by Gasteiger charge is 2.26. The van der Waals surface area contributed by atoms with Crippen molar-refractivity contribution in [2.24, 2.45) is 0 Å². The van der Waals surface area contributed by atoms with E-state index in [-0.39, 0.29) is 12.2 Å². The maximum absolute atomic E-state index is 11.1. The largest absolute Gasteiger partial charge is 0.433 e. The van der Waals surface area contributed by atoms with Crippen molar-refractivity contribution in [2.75, 3.05) is 0 Å². The molecule has 1 aliphatic rings. The summed E-state index contributed by atoms with van der Waals surface area (Å²) in [7, 11) is 0. The van der Waals surface area contributed by atoms with Crippen LogP contribution in [0.2, 0.25) is 0 Å². The van der Waals surface area contributed by atoms with Crippen molar-refractivity contribution in [1.29, 1.82) is 0 Å². The SMILES string of the molecule is C=CC(=O)OC(C)OC1CCC(OC(C)OC(=O)C=C)CC1. The quantitative estimate of drug-likeness (QED) is 0.389. The van der Waals surface area contributed by atoms with Gasteiger partial charge in [0.15, 0.2) is 0 Å². The topological polar surface area (TPSA) is 71.1 Å². The van der Waals surface area contributed by atoms with Crippen molar-refractivity contribution in [2.45, 2.75) is 64.3 Å². The Morgan fingerprint density at radius 1 is 0.864 bits per heavy atom. The first kappa shape index (κ1) is 18.4. The third kappa shape index (κ3) is 6.87. The van der Waals surface area contributed by atoms with E-state index in [1.165, 1.54) is 0 Å². The molecule has 0 aliphatic heterocycles. The number of hydrogen-bond acceptors (Lipinski definition) is 6. The van der Waals surface area contributed by atoms with Crippen LogP contribution in [-0.4, -0.2) is 36.7 Å². The molecule has 0 spiro atoms. The molecule has 0 radical (unpaired) electrons. The van der Waals surface area contributed by atoms with E-state index in [1.54, 1.807) is 13.8 Å². The zero-order chi connectivity index (χ0) is 16.5. The van der Waals surface area contributed by atoms with Crippen LogP contribution in [0.25, 0.3) is 0 Å². The van der Waals surface area contributed by atoms with Crippen molar-refractivity contribution < 1.29 is 28.5 Å². The molecule has 2 unspecified atom stereocenters. The standard InChI is InChI=1S/C16H24O6/c1-5-15(17)21-11(3)19-13-7-9-14(10-8-13)20-12(4)22-16(18)6-2/h5-6,11-14H,1-2,7-10H2,3-4H3. The Bertz CT molecular complexity index is 359. The molecule has 0 aromatic carbocycles. The fourth-order valence-corrected chi connectivity index (χ4v) is 2.33. The molecule has 2 atom stereocenters. The van der Waals surface area contributed by atoms with Gasteiger partial charge in [-0.2, -0.15) is 0 Å². The Morgan fingerprint density at radius 3 is 1.45 bits per heavy atom.